The molecule has 0 saturated carbocycles. The molecule has 1 rings (SSSR count). The van der Waals surface area contributed by atoms with Crippen molar-refractivity contribution in [3.63, 3.8) is 0 Å². The van der Waals surface area contributed by atoms with E-state index in [1.165, 1.54) is 19.6 Å². The summed E-state index contributed by atoms with van der Waals surface area (Å²) >= 11 is 0. The highest BCUT2D eigenvalue weighted by atomic mass is 15.3. The van der Waals surface area contributed by atoms with Crippen molar-refractivity contribution in [3.8, 4) is 0 Å². The Labute approximate surface area is 101 Å². The lowest BCUT2D eigenvalue weighted by Crippen LogP contribution is -2.59. The zero-order valence-electron chi connectivity index (χ0n) is 11.7. The monoisotopic (exact) mass is 227 g/mol. The van der Waals surface area contributed by atoms with E-state index < -0.39 is 0 Å². The first kappa shape index (κ1) is 13.9. The Balaban J connectivity index is 2.61. The molecule has 0 spiro atoms. The Morgan fingerprint density at radius 1 is 1.12 bits per heavy atom. The predicted octanol–water partition coefficient (Wildman–Crippen LogP) is 1.39. The molecule has 1 aliphatic heterocycles. The number of hydrogen-bond acceptors (Lipinski definition) is 3. The Morgan fingerprint density at radius 2 is 1.62 bits per heavy atom. The Hall–Kier alpha value is -0.120. The molecule has 0 aliphatic carbocycles. The van der Waals surface area contributed by atoms with E-state index in [0.717, 1.165) is 13.1 Å². The van der Waals surface area contributed by atoms with E-state index in [1.807, 2.05) is 0 Å². The summed E-state index contributed by atoms with van der Waals surface area (Å²) in [6, 6.07) is 0.736. The predicted molar refractivity (Wildman–Crippen MR) is 70.6 cm³/mol. The van der Waals surface area contributed by atoms with Crippen molar-refractivity contribution in [3.05, 3.63) is 0 Å². The first-order chi connectivity index (χ1) is 7.36. The highest BCUT2D eigenvalue weighted by Gasteiger charge is 2.34. The van der Waals surface area contributed by atoms with Gasteiger partial charge in [0.2, 0.25) is 0 Å². The SMILES string of the molecule is CCN1CCN(C(C(C)N)C(C)(C)C)CC1. The summed E-state index contributed by atoms with van der Waals surface area (Å²) in [6.07, 6.45) is 0. The third kappa shape index (κ3) is 3.44. The molecule has 0 radical (unpaired) electrons. The lowest BCUT2D eigenvalue weighted by Gasteiger charge is -2.46. The molecule has 3 nitrogen and oxygen atoms in total. The van der Waals surface area contributed by atoms with Gasteiger partial charge in [-0.15, -0.1) is 0 Å². The topological polar surface area (TPSA) is 32.5 Å². The summed E-state index contributed by atoms with van der Waals surface area (Å²) in [7, 11) is 0. The number of nitrogens with two attached hydrogens (primary N) is 1. The van der Waals surface area contributed by atoms with E-state index in [9.17, 15) is 0 Å². The Bertz CT molecular complexity index is 200. The van der Waals surface area contributed by atoms with Crippen molar-refractivity contribution in [2.24, 2.45) is 11.1 Å². The van der Waals surface area contributed by atoms with Crippen LogP contribution < -0.4 is 5.73 Å². The molecule has 0 aromatic carbocycles. The number of rotatable bonds is 3. The summed E-state index contributed by atoms with van der Waals surface area (Å²) in [5.41, 5.74) is 6.43. The average Bonchev–Trinajstić information content (AvgIpc) is 2.16. The van der Waals surface area contributed by atoms with Gasteiger partial charge < -0.3 is 10.6 Å². The second-order valence-corrected chi connectivity index (χ2v) is 6.14. The summed E-state index contributed by atoms with van der Waals surface area (Å²) in [5, 5.41) is 0. The fraction of sp³-hybridized carbons (Fsp3) is 1.00. The minimum absolute atomic E-state index is 0.244. The van der Waals surface area contributed by atoms with Gasteiger partial charge in [-0.1, -0.05) is 27.7 Å². The van der Waals surface area contributed by atoms with Crippen LogP contribution in [0.25, 0.3) is 0 Å². The minimum atomic E-state index is 0.244. The maximum atomic E-state index is 6.17. The van der Waals surface area contributed by atoms with E-state index in [4.69, 9.17) is 5.73 Å². The molecule has 0 amide bonds. The minimum Gasteiger partial charge on any atom is -0.327 e. The largest absolute Gasteiger partial charge is 0.327 e. The van der Waals surface area contributed by atoms with E-state index in [2.05, 4.69) is 44.4 Å². The van der Waals surface area contributed by atoms with Crippen LogP contribution >= 0.6 is 0 Å². The first-order valence-corrected chi connectivity index (χ1v) is 6.58. The molecule has 96 valence electrons. The highest BCUT2D eigenvalue weighted by molar-refractivity contribution is 4.91. The highest BCUT2D eigenvalue weighted by Crippen LogP contribution is 2.27. The van der Waals surface area contributed by atoms with E-state index >= 15 is 0 Å². The van der Waals surface area contributed by atoms with Crippen LogP contribution in [0.5, 0.6) is 0 Å². The lowest BCUT2D eigenvalue weighted by atomic mass is 9.81. The normalized spacial score (nSPS) is 24.4. The maximum absolute atomic E-state index is 6.17. The van der Waals surface area contributed by atoms with Crippen LogP contribution in [0, 0.1) is 5.41 Å². The van der Waals surface area contributed by atoms with E-state index in [0.29, 0.717) is 6.04 Å². The Kier molecular flexibility index (Phi) is 4.77. The summed E-state index contributed by atoms with van der Waals surface area (Å²) < 4.78 is 0. The smallest absolute Gasteiger partial charge is 0.0293 e. The quantitative estimate of drug-likeness (QED) is 0.791. The van der Waals surface area contributed by atoms with E-state index in [-0.39, 0.29) is 11.5 Å². The van der Waals surface area contributed by atoms with Gasteiger partial charge in [0.05, 0.1) is 0 Å². The molecular formula is C13H29N3. The maximum Gasteiger partial charge on any atom is 0.0293 e. The molecule has 3 heteroatoms. The fourth-order valence-corrected chi connectivity index (χ4v) is 3.03. The van der Waals surface area contributed by atoms with Crippen LogP contribution in [-0.4, -0.2) is 54.6 Å². The van der Waals surface area contributed by atoms with Gasteiger partial charge in [0.15, 0.2) is 0 Å². The zero-order valence-corrected chi connectivity index (χ0v) is 11.7. The van der Waals surface area contributed by atoms with E-state index in [1.54, 1.807) is 0 Å². The van der Waals surface area contributed by atoms with Crippen molar-refractivity contribution >= 4 is 0 Å². The number of piperazine rings is 1. The molecule has 1 saturated heterocycles. The second kappa shape index (κ2) is 5.48. The van der Waals surface area contributed by atoms with Gasteiger partial charge in [-0.25, -0.2) is 0 Å². The zero-order chi connectivity index (χ0) is 12.3. The molecule has 1 fully saturated rings. The summed E-state index contributed by atoms with van der Waals surface area (Å²) in [4.78, 5) is 5.09. The number of likely N-dealkylation sites (N-methyl/N-ethyl adjacent to an activating group) is 1. The van der Waals surface area contributed by atoms with Crippen molar-refractivity contribution in [2.45, 2.75) is 46.7 Å². The third-order valence-corrected chi connectivity index (χ3v) is 3.63. The summed E-state index contributed by atoms with van der Waals surface area (Å²) in [6.45, 7) is 17.2. The molecule has 16 heavy (non-hydrogen) atoms. The molecule has 2 N–H and O–H groups in total. The van der Waals surface area contributed by atoms with Gasteiger partial charge in [-0.05, 0) is 18.9 Å². The molecule has 1 aliphatic rings. The van der Waals surface area contributed by atoms with Crippen LogP contribution in [0.2, 0.25) is 0 Å². The van der Waals surface area contributed by atoms with Crippen LogP contribution in [0.3, 0.4) is 0 Å². The van der Waals surface area contributed by atoms with Gasteiger partial charge in [-0.3, -0.25) is 4.90 Å². The van der Waals surface area contributed by atoms with Crippen LogP contribution in [-0.2, 0) is 0 Å². The summed E-state index contributed by atoms with van der Waals surface area (Å²) in [5.74, 6) is 0. The molecule has 0 bridgehead atoms. The first-order valence-electron chi connectivity index (χ1n) is 6.58. The molecule has 0 aromatic heterocycles. The lowest BCUT2D eigenvalue weighted by molar-refractivity contribution is 0.0363. The molecule has 2 atom stereocenters. The van der Waals surface area contributed by atoms with Crippen LogP contribution in [0.1, 0.15) is 34.6 Å². The molecular weight excluding hydrogens is 198 g/mol. The van der Waals surface area contributed by atoms with Crippen molar-refractivity contribution < 1.29 is 0 Å². The molecule has 2 unspecified atom stereocenters. The van der Waals surface area contributed by atoms with Gasteiger partial charge in [0.1, 0.15) is 0 Å². The molecule has 0 aromatic rings. The van der Waals surface area contributed by atoms with Crippen LogP contribution in [0.15, 0.2) is 0 Å². The molecule has 1 heterocycles. The van der Waals surface area contributed by atoms with Crippen LogP contribution in [0.4, 0.5) is 0 Å². The van der Waals surface area contributed by atoms with Crippen molar-refractivity contribution in [1.29, 1.82) is 0 Å². The average molecular weight is 227 g/mol. The third-order valence-electron chi connectivity index (χ3n) is 3.63. The van der Waals surface area contributed by atoms with Crippen molar-refractivity contribution in [2.75, 3.05) is 32.7 Å². The van der Waals surface area contributed by atoms with Crippen molar-refractivity contribution in [1.82, 2.24) is 9.80 Å². The Morgan fingerprint density at radius 3 is 1.94 bits per heavy atom. The van der Waals surface area contributed by atoms with Gasteiger partial charge >= 0.3 is 0 Å². The fourth-order valence-electron chi connectivity index (χ4n) is 3.03. The standard InChI is InChI=1S/C13H29N3/c1-6-15-7-9-16(10-8-15)12(11(2)14)13(3,4)5/h11-12H,6-10,14H2,1-5H3. The number of nitrogens with zero attached hydrogens (tertiary/aromatic N) is 2. The van der Waals surface area contributed by atoms with Gasteiger partial charge in [0.25, 0.3) is 0 Å². The second-order valence-electron chi connectivity index (χ2n) is 6.14. The number of hydrogen-bond donors (Lipinski definition) is 1. The van der Waals surface area contributed by atoms with Gasteiger partial charge in [-0.2, -0.15) is 0 Å². The van der Waals surface area contributed by atoms with Gasteiger partial charge in [0, 0.05) is 38.3 Å².